The molecule has 41 heavy (non-hydrogen) atoms. The van der Waals surface area contributed by atoms with E-state index in [4.69, 9.17) is 5.73 Å². The number of hydrogen-bond donors (Lipinski definition) is 2. The van der Waals surface area contributed by atoms with Crippen molar-refractivity contribution >= 4 is 39.7 Å². The van der Waals surface area contributed by atoms with E-state index in [1.165, 1.54) is 0 Å². The number of carbonyl (C=O) groups is 1. The molecule has 6 rings (SSSR count). The third-order valence-electron chi connectivity index (χ3n) is 7.21. The van der Waals surface area contributed by atoms with Crippen LogP contribution in [0.3, 0.4) is 0 Å². The number of nitrogens with one attached hydrogen (secondary N) is 1. The summed E-state index contributed by atoms with van der Waals surface area (Å²) in [5.41, 5.74) is 9.53. The van der Waals surface area contributed by atoms with Gasteiger partial charge in [-0.15, -0.1) is 5.10 Å². The molecule has 0 radical (unpaired) electrons. The van der Waals surface area contributed by atoms with Gasteiger partial charge in [0.2, 0.25) is 5.91 Å². The number of amides is 1. The van der Waals surface area contributed by atoms with Gasteiger partial charge in [0, 0.05) is 12.6 Å². The molecule has 0 bridgehead atoms. The number of fused-ring (bicyclic) bond motifs is 2. The first-order valence-electron chi connectivity index (χ1n) is 13.6. The molecule has 2 atom stereocenters. The Morgan fingerprint density at radius 1 is 0.756 bits per heavy atom. The van der Waals surface area contributed by atoms with Crippen LogP contribution in [0.5, 0.6) is 0 Å². The number of carbonyl (C=O) groups excluding carboxylic acids is 1. The van der Waals surface area contributed by atoms with Crippen LogP contribution in [-0.2, 0) is 17.6 Å². The van der Waals surface area contributed by atoms with Crippen molar-refractivity contribution in [3.63, 3.8) is 0 Å². The summed E-state index contributed by atoms with van der Waals surface area (Å²) in [6.45, 7) is 0. The van der Waals surface area contributed by atoms with Gasteiger partial charge >= 0.3 is 0 Å². The van der Waals surface area contributed by atoms with Crippen molar-refractivity contribution in [1.29, 1.82) is 0 Å². The number of nitrogens with two attached hydrogens (primary N) is 1. The predicted molar refractivity (Wildman–Crippen MR) is 164 cm³/mol. The molecule has 0 saturated carbocycles. The largest absolute Gasteiger partial charge is 0.344 e. The van der Waals surface area contributed by atoms with E-state index in [1.54, 1.807) is 10.9 Å². The predicted octanol–water partition coefficient (Wildman–Crippen LogP) is 5.58. The first-order valence-corrected chi connectivity index (χ1v) is 13.6. The van der Waals surface area contributed by atoms with Gasteiger partial charge in [-0.1, -0.05) is 115 Å². The molecule has 0 spiro atoms. The molecule has 0 saturated heterocycles. The molecule has 1 aromatic heterocycles. The molecule has 3 N–H and O–H groups in total. The first-order chi connectivity index (χ1) is 20.1. The minimum absolute atomic E-state index is 0.259. The molecule has 1 heterocycles. The molecule has 7 nitrogen and oxygen atoms in total. The summed E-state index contributed by atoms with van der Waals surface area (Å²) < 4.78 is 1.61. The number of tetrazole rings is 1. The lowest BCUT2D eigenvalue weighted by Gasteiger charge is -2.20. The highest BCUT2D eigenvalue weighted by Crippen LogP contribution is 2.22. The minimum atomic E-state index is -0.737. The zero-order chi connectivity index (χ0) is 28.0. The van der Waals surface area contributed by atoms with E-state index in [0.717, 1.165) is 38.2 Å². The highest BCUT2D eigenvalue weighted by Gasteiger charge is 2.24. The van der Waals surface area contributed by atoms with Crippen molar-refractivity contribution < 1.29 is 4.79 Å². The first kappa shape index (κ1) is 26.1. The smallest absolute Gasteiger partial charge is 0.237 e. The molecule has 0 aliphatic carbocycles. The molecule has 0 unspecified atom stereocenters. The van der Waals surface area contributed by atoms with Crippen LogP contribution >= 0.6 is 0 Å². The van der Waals surface area contributed by atoms with Gasteiger partial charge in [0.1, 0.15) is 0 Å². The van der Waals surface area contributed by atoms with Crippen LogP contribution in [0.4, 0.5) is 0 Å². The summed E-state index contributed by atoms with van der Waals surface area (Å²) in [6.07, 6.45) is 4.65. The summed E-state index contributed by atoms with van der Waals surface area (Å²) >= 11 is 0. The van der Waals surface area contributed by atoms with E-state index in [0.29, 0.717) is 18.7 Å². The third-order valence-corrected chi connectivity index (χ3v) is 7.21. The van der Waals surface area contributed by atoms with E-state index in [-0.39, 0.29) is 5.91 Å². The standard InChI is InChI=1S/C34H30N6O/c35-31(22-25-14-16-27-10-4-6-12-29(27)20-25)34(41)36-32(23-26-15-17-28-11-5-7-13-30(28)21-26)33-37-38-39-40(33)19-18-24-8-2-1-3-9-24/h1-21,31-32H,22-23,35H2,(H,36,41)/t31-,32-/m1/s1. The Hall–Kier alpha value is -5.14. The molecule has 7 heteroatoms. The van der Waals surface area contributed by atoms with Gasteiger partial charge in [-0.05, 0) is 61.2 Å². The summed E-state index contributed by atoms with van der Waals surface area (Å²) in [5, 5.41) is 20.1. The Bertz CT molecular complexity index is 1830. The number of hydrogen-bond acceptors (Lipinski definition) is 5. The maximum atomic E-state index is 13.5. The summed E-state index contributed by atoms with van der Waals surface area (Å²) in [7, 11) is 0. The zero-order valence-electron chi connectivity index (χ0n) is 22.5. The van der Waals surface area contributed by atoms with Gasteiger partial charge in [-0.2, -0.15) is 0 Å². The highest BCUT2D eigenvalue weighted by atomic mass is 16.2. The second kappa shape index (κ2) is 11.9. The average molecular weight is 539 g/mol. The van der Waals surface area contributed by atoms with Crippen molar-refractivity contribution in [3.8, 4) is 0 Å². The maximum Gasteiger partial charge on any atom is 0.237 e. The van der Waals surface area contributed by atoms with Crippen molar-refractivity contribution in [3.05, 3.63) is 138 Å². The third kappa shape index (κ3) is 6.21. The van der Waals surface area contributed by atoms with E-state index in [2.05, 4.69) is 75.4 Å². The fourth-order valence-corrected chi connectivity index (χ4v) is 5.06. The van der Waals surface area contributed by atoms with Crippen LogP contribution < -0.4 is 11.1 Å². The molecule has 202 valence electrons. The Kier molecular flexibility index (Phi) is 7.60. The van der Waals surface area contributed by atoms with Gasteiger partial charge in [0.25, 0.3) is 0 Å². The van der Waals surface area contributed by atoms with E-state index in [1.807, 2.05) is 66.7 Å². The highest BCUT2D eigenvalue weighted by molar-refractivity contribution is 5.85. The van der Waals surface area contributed by atoms with Gasteiger partial charge in [-0.3, -0.25) is 4.79 Å². The number of benzene rings is 5. The molecule has 5 aromatic carbocycles. The SMILES string of the molecule is N[C@H](Cc1ccc2ccccc2c1)C(=O)N[C@H](Cc1ccc2ccccc2c1)c1nnnn1C=Cc1ccccc1. The topological polar surface area (TPSA) is 98.7 Å². The van der Waals surface area contributed by atoms with Crippen LogP contribution in [-0.4, -0.2) is 32.2 Å². The van der Waals surface area contributed by atoms with Gasteiger partial charge in [0.05, 0.1) is 12.1 Å². The normalized spacial score (nSPS) is 13.0. The average Bonchev–Trinajstić information content (AvgIpc) is 3.49. The summed E-state index contributed by atoms with van der Waals surface area (Å²) in [5.74, 6) is 0.266. The summed E-state index contributed by atoms with van der Waals surface area (Å²) in [4.78, 5) is 13.5. The molecule has 0 aliphatic rings. The lowest BCUT2D eigenvalue weighted by atomic mass is 9.99. The van der Waals surface area contributed by atoms with Crippen molar-refractivity contribution in [1.82, 2.24) is 25.5 Å². The number of aromatic nitrogens is 4. The lowest BCUT2D eigenvalue weighted by Crippen LogP contribution is -2.44. The van der Waals surface area contributed by atoms with Crippen LogP contribution in [0, 0.1) is 0 Å². The fraction of sp³-hybridized carbons (Fsp3) is 0.118. The molecule has 6 aromatic rings. The van der Waals surface area contributed by atoms with Gasteiger partial charge < -0.3 is 11.1 Å². The summed E-state index contributed by atoms with van der Waals surface area (Å²) in [6, 6.07) is 37.5. The molecule has 0 fully saturated rings. The Morgan fingerprint density at radius 2 is 1.34 bits per heavy atom. The van der Waals surface area contributed by atoms with Crippen molar-refractivity contribution in [2.75, 3.05) is 0 Å². The van der Waals surface area contributed by atoms with Gasteiger partial charge in [-0.25, -0.2) is 4.68 Å². The minimum Gasteiger partial charge on any atom is -0.344 e. The van der Waals surface area contributed by atoms with Crippen LogP contribution in [0.15, 0.2) is 115 Å². The molecule has 0 aliphatic heterocycles. The Labute approximate surface area is 238 Å². The van der Waals surface area contributed by atoms with E-state index in [9.17, 15) is 4.79 Å². The second-order valence-corrected chi connectivity index (χ2v) is 10.1. The van der Waals surface area contributed by atoms with Gasteiger partial charge in [0.15, 0.2) is 5.82 Å². The van der Waals surface area contributed by atoms with E-state index < -0.39 is 12.1 Å². The quantitative estimate of drug-likeness (QED) is 0.251. The Morgan fingerprint density at radius 3 is 2.00 bits per heavy atom. The fourth-order valence-electron chi connectivity index (χ4n) is 5.06. The Balaban J connectivity index is 1.26. The lowest BCUT2D eigenvalue weighted by molar-refractivity contribution is -0.123. The second-order valence-electron chi connectivity index (χ2n) is 10.1. The molecule has 1 amide bonds. The molecular formula is C34H30N6O. The molecular weight excluding hydrogens is 508 g/mol. The van der Waals surface area contributed by atoms with Crippen molar-refractivity contribution in [2.24, 2.45) is 5.73 Å². The number of rotatable bonds is 9. The van der Waals surface area contributed by atoms with E-state index >= 15 is 0 Å². The number of nitrogens with zero attached hydrogens (tertiary/aromatic N) is 4. The zero-order valence-corrected chi connectivity index (χ0v) is 22.5. The monoisotopic (exact) mass is 538 g/mol. The van der Waals surface area contributed by atoms with Crippen LogP contribution in [0.1, 0.15) is 28.6 Å². The van der Waals surface area contributed by atoms with Crippen molar-refractivity contribution in [2.45, 2.75) is 24.9 Å². The maximum absolute atomic E-state index is 13.5. The van der Waals surface area contributed by atoms with Crippen LogP contribution in [0.25, 0.3) is 33.8 Å². The van der Waals surface area contributed by atoms with Crippen LogP contribution in [0.2, 0.25) is 0 Å².